The molecule has 0 unspecified atom stereocenters. The van der Waals surface area contributed by atoms with Crippen molar-refractivity contribution in [1.29, 1.82) is 0 Å². The zero-order chi connectivity index (χ0) is 25.6. The number of hydrogen-bond acceptors (Lipinski definition) is 9. The second-order valence-corrected chi connectivity index (χ2v) is 11.6. The third-order valence-electron chi connectivity index (χ3n) is 4.32. The van der Waals surface area contributed by atoms with Crippen molar-refractivity contribution in [3.05, 3.63) is 54.1 Å². The first-order chi connectivity index (χ1) is 16.5. The fourth-order valence-corrected chi connectivity index (χ4v) is 5.13. The maximum atomic E-state index is 12.5. The first-order valence-corrected chi connectivity index (χ1v) is 13.3. The molecule has 0 saturated heterocycles. The lowest BCUT2D eigenvalue weighted by Crippen LogP contribution is -2.22. The zero-order valence-corrected chi connectivity index (χ0v) is 21.4. The standard InChI is InChI=1S/C21H22N6O5S3/c1-13(28)22-15-5-4-6-16(11-15)23-18(29)12-33-21-26-25-20(34-21)24-19(30)14-7-9-17(10-8-14)35(31,32)27(2)3/h4-11H,12H2,1-3H3,(H,22,28)(H,23,29)(H,24,25,30). The van der Waals surface area contributed by atoms with Gasteiger partial charge in [-0.1, -0.05) is 29.2 Å². The van der Waals surface area contributed by atoms with Crippen LogP contribution in [0, 0.1) is 0 Å². The van der Waals surface area contributed by atoms with E-state index in [2.05, 4.69) is 26.1 Å². The molecule has 0 bridgehead atoms. The van der Waals surface area contributed by atoms with Crippen molar-refractivity contribution in [2.75, 3.05) is 35.8 Å². The lowest BCUT2D eigenvalue weighted by Gasteiger charge is -2.11. The van der Waals surface area contributed by atoms with E-state index in [0.29, 0.717) is 15.7 Å². The molecular formula is C21H22N6O5S3. The molecule has 35 heavy (non-hydrogen) atoms. The van der Waals surface area contributed by atoms with Gasteiger partial charge in [-0.25, -0.2) is 12.7 Å². The van der Waals surface area contributed by atoms with Gasteiger partial charge in [0, 0.05) is 38.0 Å². The first kappa shape index (κ1) is 26.3. The number of benzene rings is 2. The highest BCUT2D eigenvalue weighted by atomic mass is 32.2. The fourth-order valence-electron chi connectivity index (χ4n) is 2.68. The van der Waals surface area contributed by atoms with E-state index in [1.807, 2.05) is 0 Å². The molecule has 3 aromatic rings. The summed E-state index contributed by atoms with van der Waals surface area (Å²) < 4.78 is 25.8. The van der Waals surface area contributed by atoms with E-state index in [0.717, 1.165) is 27.4 Å². The Hall–Kier alpha value is -3.33. The van der Waals surface area contributed by atoms with Gasteiger partial charge in [0.25, 0.3) is 5.91 Å². The summed E-state index contributed by atoms with van der Waals surface area (Å²) in [4.78, 5) is 35.9. The minimum absolute atomic E-state index is 0.0642. The highest BCUT2D eigenvalue weighted by molar-refractivity contribution is 8.01. The van der Waals surface area contributed by atoms with E-state index >= 15 is 0 Å². The van der Waals surface area contributed by atoms with Crippen LogP contribution in [-0.4, -0.2) is 60.5 Å². The van der Waals surface area contributed by atoms with Gasteiger partial charge >= 0.3 is 0 Å². The quantitative estimate of drug-likeness (QED) is 0.280. The van der Waals surface area contributed by atoms with Crippen molar-refractivity contribution in [3.8, 4) is 0 Å². The highest BCUT2D eigenvalue weighted by Crippen LogP contribution is 2.26. The molecule has 1 heterocycles. The normalized spacial score (nSPS) is 11.2. The third kappa shape index (κ3) is 7.32. The number of nitrogens with one attached hydrogen (secondary N) is 3. The molecule has 2 aromatic carbocycles. The second kappa shape index (κ2) is 11.4. The van der Waals surface area contributed by atoms with Gasteiger partial charge in [0.1, 0.15) is 0 Å². The lowest BCUT2D eigenvalue weighted by atomic mass is 10.2. The lowest BCUT2D eigenvalue weighted by molar-refractivity contribution is -0.114. The summed E-state index contributed by atoms with van der Waals surface area (Å²) in [6.45, 7) is 1.40. The van der Waals surface area contributed by atoms with Crippen molar-refractivity contribution >= 4 is 67.3 Å². The number of hydrogen-bond donors (Lipinski definition) is 3. The van der Waals surface area contributed by atoms with Crippen molar-refractivity contribution < 1.29 is 22.8 Å². The molecule has 0 aliphatic heterocycles. The van der Waals surface area contributed by atoms with Crippen LogP contribution in [-0.2, 0) is 19.6 Å². The first-order valence-electron chi connectivity index (χ1n) is 10.0. The molecule has 0 radical (unpaired) electrons. The van der Waals surface area contributed by atoms with Crippen LogP contribution in [0.4, 0.5) is 16.5 Å². The van der Waals surface area contributed by atoms with Gasteiger partial charge in [-0.3, -0.25) is 19.7 Å². The molecule has 0 saturated carbocycles. The number of thioether (sulfide) groups is 1. The van der Waals surface area contributed by atoms with Gasteiger partial charge in [-0.2, -0.15) is 0 Å². The van der Waals surface area contributed by atoms with Crippen molar-refractivity contribution in [2.24, 2.45) is 0 Å². The van der Waals surface area contributed by atoms with E-state index in [-0.39, 0.29) is 33.2 Å². The summed E-state index contributed by atoms with van der Waals surface area (Å²) in [7, 11) is -0.732. The summed E-state index contributed by atoms with van der Waals surface area (Å²) in [5.74, 6) is -0.890. The molecule has 3 N–H and O–H groups in total. The number of amides is 3. The predicted octanol–water partition coefficient (Wildman–Crippen LogP) is 2.73. The molecule has 184 valence electrons. The predicted molar refractivity (Wildman–Crippen MR) is 135 cm³/mol. The van der Waals surface area contributed by atoms with E-state index in [4.69, 9.17) is 0 Å². The molecule has 14 heteroatoms. The van der Waals surface area contributed by atoms with Crippen molar-refractivity contribution in [1.82, 2.24) is 14.5 Å². The topological polar surface area (TPSA) is 150 Å². The molecule has 0 aliphatic carbocycles. The van der Waals surface area contributed by atoms with E-state index in [1.54, 1.807) is 24.3 Å². The van der Waals surface area contributed by atoms with Crippen LogP contribution in [0.2, 0.25) is 0 Å². The van der Waals surface area contributed by atoms with Crippen LogP contribution in [0.25, 0.3) is 0 Å². The van der Waals surface area contributed by atoms with Crippen LogP contribution in [0.5, 0.6) is 0 Å². The van der Waals surface area contributed by atoms with E-state index in [9.17, 15) is 22.8 Å². The van der Waals surface area contributed by atoms with Crippen LogP contribution >= 0.6 is 23.1 Å². The van der Waals surface area contributed by atoms with Gasteiger partial charge in [-0.15, -0.1) is 10.2 Å². The van der Waals surface area contributed by atoms with Gasteiger partial charge in [-0.05, 0) is 42.5 Å². The molecule has 0 spiro atoms. The largest absolute Gasteiger partial charge is 0.326 e. The van der Waals surface area contributed by atoms with E-state index < -0.39 is 15.9 Å². The van der Waals surface area contributed by atoms with E-state index in [1.165, 1.54) is 45.3 Å². The monoisotopic (exact) mass is 534 g/mol. The van der Waals surface area contributed by atoms with Crippen LogP contribution in [0.15, 0.2) is 57.8 Å². The van der Waals surface area contributed by atoms with Crippen LogP contribution < -0.4 is 16.0 Å². The summed E-state index contributed by atoms with van der Waals surface area (Å²) >= 11 is 2.26. The molecule has 3 amide bonds. The summed E-state index contributed by atoms with van der Waals surface area (Å²) in [6, 6.07) is 12.3. The summed E-state index contributed by atoms with van der Waals surface area (Å²) in [6.07, 6.45) is 0. The second-order valence-electron chi connectivity index (χ2n) is 7.24. The molecule has 0 atom stereocenters. The number of carbonyl (C=O) groups is 3. The number of carbonyl (C=O) groups excluding carboxylic acids is 3. The Morgan fingerprint density at radius 2 is 1.63 bits per heavy atom. The molecule has 1 aromatic heterocycles. The average Bonchev–Trinajstić information content (AvgIpc) is 3.24. The maximum Gasteiger partial charge on any atom is 0.257 e. The smallest absolute Gasteiger partial charge is 0.257 e. The summed E-state index contributed by atoms with van der Waals surface area (Å²) in [5, 5.41) is 16.1. The number of nitrogens with zero attached hydrogens (tertiary/aromatic N) is 3. The van der Waals surface area contributed by atoms with Gasteiger partial charge in [0.2, 0.25) is 27.0 Å². The number of aromatic nitrogens is 2. The molecule has 3 rings (SSSR count). The van der Waals surface area contributed by atoms with Crippen LogP contribution in [0.1, 0.15) is 17.3 Å². The minimum atomic E-state index is -3.59. The van der Waals surface area contributed by atoms with Crippen LogP contribution in [0.3, 0.4) is 0 Å². The van der Waals surface area contributed by atoms with Crippen molar-refractivity contribution in [2.45, 2.75) is 16.2 Å². The fraction of sp³-hybridized carbons (Fsp3) is 0.190. The van der Waals surface area contributed by atoms with Gasteiger partial charge < -0.3 is 10.6 Å². The van der Waals surface area contributed by atoms with Gasteiger partial charge in [0.05, 0.1) is 10.6 Å². The maximum absolute atomic E-state index is 12.5. The SMILES string of the molecule is CC(=O)Nc1cccc(NC(=O)CSc2nnc(NC(=O)c3ccc(S(=O)(=O)N(C)C)cc3)s2)c1. The summed E-state index contributed by atoms with van der Waals surface area (Å²) in [5.41, 5.74) is 1.37. The number of anilines is 3. The third-order valence-corrected chi connectivity index (χ3v) is 8.12. The Morgan fingerprint density at radius 1 is 0.971 bits per heavy atom. The molecule has 11 nitrogen and oxygen atoms in total. The number of rotatable bonds is 9. The Labute approximate surface area is 210 Å². The minimum Gasteiger partial charge on any atom is -0.326 e. The Balaban J connectivity index is 1.53. The molecule has 0 fully saturated rings. The Bertz CT molecular complexity index is 1340. The average molecular weight is 535 g/mol. The molecule has 0 aliphatic rings. The molecular weight excluding hydrogens is 512 g/mol. The Kier molecular flexibility index (Phi) is 8.56. The van der Waals surface area contributed by atoms with Crippen molar-refractivity contribution in [3.63, 3.8) is 0 Å². The van der Waals surface area contributed by atoms with Gasteiger partial charge in [0.15, 0.2) is 4.34 Å². The highest BCUT2D eigenvalue weighted by Gasteiger charge is 2.18. The number of sulfonamides is 1. The Morgan fingerprint density at radius 3 is 2.26 bits per heavy atom. The zero-order valence-electron chi connectivity index (χ0n) is 18.9.